The van der Waals surface area contributed by atoms with E-state index < -0.39 is 0 Å². The highest BCUT2D eigenvalue weighted by Gasteiger charge is 2.22. The van der Waals surface area contributed by atoms with Gasteiger partial charge in [0, 0.05) is 5.57 Å². The minimum Gasteiger partial charge on any atom is -0.292 e. The molecule has 1 aliphatic heterocycles. The molecule has 48 valence electrons. The topological polar surface area (TPSA) is 46.2 Å². The molecule has 3 heteroatoms. The van der Waals surface area contributed by atoms with Crippen molar-refractivity contribution in [2.45, 2.75) is 13.3 Å². The summed E-state index contributed by atoms with van der Waals surface area (Å²) in [6.07, 6.45) is 1.90. The summed E-state index contributed by atoms with van der Waals surface area (Å²) < 4.78 is 0. The molecule has 1 rings (SSSR count). The average Bonchev–Trinajstić information content (AvgIpc) is 2.10. The number of imide groups is 1. The van der Waals surface area contributed by atoms with Gasteiger partial charge in [0.15, 0.2) is 0 Å². The second kappa shape index (κ2) is 2.01. The van der Waals surface area contributed by atoms with Gasteiger partial charge in [-0.15, -0.1) is 0 Å². The molecular weight excluding hydrogens is 118 g/mol. The van der Waals surface area contributed by atoms with E-state index in [-0.39, 0.29) is 18.2 Å². The zero-order chi connectivity index (χ0) is 6.85. The van der Waals surface area contributed by atoms with Crippen LogP contribution < -0.4 is 5.32 Å². The predicted octanol–water partition coefficient (Wildman–Crippen LogP) is -0.0208. The highest BCUT2D eigenvalue weighted by molar-refractivity contribution is 6.13. The van der Waals surface area contributed by atoms with Crippen LogP contribution in [0.2, 0.25) is 0 Å². The van der Waals surface area contributed by atoms with Crippen LogP contribution in [0.3, 0.4) is 0 Å². The van der Waals surface area contributed by atoms with Crippen molar-refractivity contribution in [3.63, 3.8) is 0 Å². The highest BCUT2D eigenvalue weighted by Crippen LogP contribution is 2.07. The van der Waals surface area contributed by atoms with E-state index in [0.717, 1.165) is 0 Å². The molecule has 0 aliphatic carbocycles. The molecule has 9 heavy (non-hydrogen) atoms. The Balaban J connectivity index is 2.81. The lowest BCUT2D eigenvalue weighted by atomic mass is 10.2. The SMILES string of the molecule is CC=C1CC(=O)NC1=O. The fraction of sp³-hybridized carbons (Fsp3) is 0.333. The van der Waals surface area contributed by atoms with Gasteiger partial charge in [0.25, 0.3) is 5.91 Å². The maximum absolute atomic E-state index is 10.6. The van der Waals surface area contributed by atoms with Crippen LogP contribution >= 0.6 is 0 Å². The number of carbonyl (C=O) groups excluding carboxylic acids is 2. The van der Waals surface area contributed by atoms with Crippen LogP contribution in [0.5, 0.6) is 0 Å². The Hall–Kier alpha value is -1.12. The lowest BCUT2D eigenvalue weighted by molar-refractivity contribution is -0.124. The number of carbonyl (C=O) groups is 2. The van der Waals surface area contributed by atoms with Gasteiger partial charge in [-0.25, -0.2) is 0 Å². The van der Waals surface area contributed by atoms with Crippen molar-refractivity contribution in [3.8, 4) is 0 Å². The number of nitrogens with one attached hydrogen (secondary N) is 1. The van der Waals surface area contributed by atoms with E-state index in [1.807, 2.05) is 0 Å². The van der Waals surface area contributed by atoms with Gasteiger partial charge in [-0.3, -0.25) is 14.9 Å². The fourth-order valence-electron chi connectivity index (χ4n) is 0.738. The van der Waals surface area contributed by atoms with Gasteiger partial charge >= 0.3 is 0 Å². The van der Waals surface area contributed by atoms with Crippen molar-refractivity contribution < 1.29 is 9.59 Å². The van der Waals surface area contributed by atoms with Crippen molar-refractivity contribution in [1.29, 1.82) is 0 Å². The molecule has 0 bridgehead atoms. The summed E-state index contributed by atoms with van der Waals surface area (Å²) in [5.74, 6) is -0.449. The van der Waals surface area contributed by atoms with Crippen molar-refractivity contribution in [2.24, 2.45) is 0 Å². The van der Waals surface area contributed by atoms with E-state index in [1.54, 1.807) is 13.0 Å². The van der Waals surface area contributed by atoms with Gasteiger partial charge in [-0.2, -0.15) is 0 Å². The van der Waals surface area contributed by atoms with E-state index in [9.17, 15) is 9.59 Å². The third kappa shape index (κ3) is 0.988. The molecule has 0 aromatic rings. The second-order valence-electron chi connectivity index (χ2n) is 1.87. The van der Waals surface area contributed by atoms with Crippen LogP contribution in [0.25, 0.3) is 0 Å². The molecular formula is C6H7NO2. The Morgan fingerprint density at radius 2 is 2.22 bits per heavy atom. The van der Waals surface area contributed by atoms with Crippen molar-refractivity contribution in [1.82, 2.24) is 5.32 Å². The van der Waals surface area contributed by atoms with Gasteiger partial charge in [0.05, 0.1) is 6.42 Å². The molecule has 1 fully saturated rings. The molecule has 0 saturated carbocycles. The summed E-state index contributed by atoms with van der Waals surface area (Å²) in [6, 6.07) is 0. The number of hydrogen-bond acceptors (Lipinski definition) is 2. The first-order chi connectivity index (χ1) is 4.24. The molecule has 1 aliphatic rings. The first kappa shape index (κ1) is 6.01. The van der Waals surface area contributed by atoms with E-state index in [0.29, 0.717) is 5.57 Å². The molecule has 1 heterocycles. The third-order valence-electron chi connectivity index (χ3n) is 1.24. The number of rotatable bonds is 0. The second-order valence-corrected chi connectivity index (χ2v) is 1.87. The molecule has 0 aromatic carbocycles. The Morgan fingerprint density at radius 1 is 1.56 bits per heavy atom. The van der Waals surface area contributed by atoms with Crippen molar-refractivity contribution in [3.05, 3.63) is 11.6 Å². The standard InChI is InChI=1S/C6H7NO2/c1-2-4-3-5(8)7-6(4)9/h2H,3H2,1H3,(H,7,8,9). The fourth-order valence-corrected chi connectivity index (χ4v) is 0.738. The molecule has 0 unspecified atom stereocenters. The van der Waals surface area contributed by atoms with Crippen LogP contribution in [0.15, 0.2) is 11.6 Å². The zero-order valence-electron chi connectivity index (χ0n) is 5.10. The summed E-state index contributed by atoms with van der Waals surface area (Å²) in [5.41, 5.74) is 0.569. The molecule has 0 radical (unpaired) electrons. The summed E-state index contributed by atoms with van der Waals surface area (Å²) in [6.45, 7) is 1.74. The maximum Gasteiger partial charge on any atom is 0.253 e. The Labute approximate surface area is 52.7 Å². The van der Waals surface area contributed by atoms with Crippen molar-refractivity contribution >= 4 is 11.8 Å². The smallest absolute Gasteiger partial charge is 0.253 e. The molecule has 0 atom stereocenters. The lowest BCUT2D eigenvalue weighted by Gasteiger charge is -1.83. The lowest BCUT2D eigenvalue weighted by Crippen LogP contribution is -2.19. The minimum atomic E-state index is -0.248. The van der Waals surface area contributed by atoms with Crippen LogP contribution in [0, 0.1) is 0 Å². The summed E-state index contributed by atoms with van der Waals surface area (Å²) >= 11 is 0. The molecule has 0 spiro atoms. The van der Waals surface area contributed by atoms with Gasteiger partial charge < -0.3 is 0 Å². The Morgan fingerprint density at radius 3 is 2.44 bits per heavy atom. The van der Waals surface area contributed by atoms with Gasteiger partial charge in [-0.1, -0.05) is 6.08 Å². The quantitative estimate of drug-likeness (QED) is 0.365. The largest absolute Gasteiger partial charge is 0.292 e. The summed E-state index contributed by atoms with van der Waals surface area (Å²) in [7, 11) is 0. The van der Waals surface area contributed by atoms with Crippen molar-refractivity contribution in [2.75, 3.05) is 0 Å². The molecule has 3 nitrogen and oxygen atoms in total. The molecule has 1 N–H and O–H groups in total. The van der Waals surface area contributed by atoms with E-state index in [1.165, 1.54) is 0 Å². The van der Waals surface area contributed by atoms with Crippen LogP contribution in [-0.4, -0.2) is 11.8 Å². The summed E-state index contributed by atoms with van der Waals surface area (Å²) in [4.78, 5) is 21.1. The van der Waals surface area contributed by atoms with Gasteiger partial charge in [-0.05, 0) is 6.92 Å². The normalized spacial score (nSPS) is 23.0. The minimum absolute atomic E-state index is 0.201. The monoisotopic (exact) mass is 125 g/mol. The number of allylic oxidation sites excluding steroid dienone is 1. The summed E-state index contributed by atoms with van der Waals surface area (Å²) in [5, 5.41) is 2.17. The van der Waals surface area contributed by atoms with E-state index in [4.69, 9.17) is 0 Å². The van der Waals surface area contributed by atoms with E-state index >= 15 is 0 Å². The van der Waals surface area contributed by atoms with Gasteiger partial charge in [0.1, 0.15) is 0 Å². The first-order valence-electron chi connectivity index (χ1n) is 2.73. The maximum atomic E-state index is 10.6. The number of hydrogen-bond donors (Lipinski definition) is 1. The van der Waals surface area contributed by atoms with Crippen LogP contribution in [0.4, 0.5) is 0 Å². The molecule has 2 amide bonds. The van der Waals surface area contributed by atoms with E-state index in [2.05, 4.69) is 5.32 Å². The van der Waals surface area contributed by atoms with Crippen LogP contribution in [0.1, 0.15) is 13.3 Å². The third-order valence-corrected chi connectivity index (χ3v) is 1.24. The number of amides is 2. The predicted molar refractivity (Wildman–Crippen MR) is 31.5 cm³/mol. The molecule has 1 saturated heterocycles. The average molecular weight is 125 g/mol. The Kier molecular flexibility index (Phi) is 1.34. The highest BCUT2D eigenvalue weighted by atomic mass is 16.2. The molecule has 0 aromatic heterocycles. The first-order valence-corrected chi connectivity index (χ1v) is 2.73. The Bertz CT molecular complexity index is 193. The zero-order valence-corrected chi connectivity index (χ0v) is 5.10. The van der Waals surface area contributed by atoms with Crippen LogP contribution in [-0.2, 0) is 9.59 Å². The van der Waals surface area contributed by atoms with Gasteiger partial charge in [0.2, 0.25) is 5.91 Å².